The number of pyridine rings is 1. The van der Waals surface area contributed by atoms with Crippen molar-refractivity contribution in [2.75, 3.05) is 38.7 Å². The third-order valence-corrected chi connectivity index (χ3v) is 7.90. The largest absolute Gasteiger partial charge is 0.383 e. The van der Waals surface area contributed by atoms with Crippen LogP contribution in [0.15, 0.2) is 66.9 Å². The standard InChI is InChI=1S/C31H34FN7O2/c1-20-29(23-13-22-15-33-17-27(22)34-16-23)37-39(25-9-4-3-5-10-25)30(20)36-31(40)35-28-19-38(11-12-41-2)18-26(28)21-7-6-8-24(32)14-21/h3-10,13-14,16,26,28,33H,11-12,15,17-19H2,1-2H3,(H2,35,36,40)/t26-,28+/m0/s1. The molecule has 2 atom stereocenters. The van der Waals surface area contributed by atoms with Crippen LogP contribution in [0, 0.1) is 12.7 Å². The van der Waals surface area contributed by atoms with Gasteiger partial charge in [-0.05, 0) is 48.4 Å². The van der Waals surface area contributed by atoms with E-state index in [0.29, 0.717) is 25.5 Å². The number of anilines is 1. The average Bonchev–Trinajstić information content (AvgIpc) is 3.70. The van der Waals surface area contributed by atoms with Crippen LogP contribution in [0.2, 0.25) is 0 Å². The van der Waals surface area contributed by atoms with Crippen LogP contribution in [0.1, 0.15) is 28.3 Å². The number of amides is 2. The number of carbonyl (C=O) groups is 1. The number of methoxy groups -OCH3 is 1. The van der Waals surface area contributed by atoms with Crippen LogP contribution in [0.4, 0.5) is 15.0 Å². The lowest BCUT2D eigenvalue weighted by molar-refractivity contribution is 0.159. The van der Waals surface area contributed by atoms with Gasteiger partial charge in [-0.1, -0.05) is 30.3 Å². The van der Waals surface area contributed by atoms with E-state index < -0.39 is 0 Å². The summed E-state index contributed by atoms with van der Waals surface area (Å²) in [6, 6.07) is 17.9. The van der Waals surface area contributed by atoms with Crippen molar-refractivity contribution in [2.45, 2.75) is 32.0 Å². The minimum atomic E-state index is -0.340. The van der Waals surface area contributed by atoms with Crippen molar-refractivity contribution in [1.82, 2.24) is 30.3 Å². The van der Waals surface area contributed by atoms with Gasteiger partial charge in [-0.2, -0.15) is 5.10 Å². The van der Waals surface area contributed by atoms with E-state index in [1.165, 1.54) is 6.07 Å². The molecule has 2 aromatic heterocycles. The molecule has 4 aromatic rings. The summed E-state index contributed by atoms with van der Waals surface area (Å²) >= 11 is 0. The van der Waals surface area contributed by atoms with Gasteiger partial charge in [0.2, 0.25) is 0 Å². The number of halogens is 1. The molecule has 212 valence electrons. The fraction of sp³-hybridized carbons (Fsp3) is 0.323. The van der Waals surface area contributed by atoms with E-state index in [2.05, 4.69) is 31.9 Å². The van der Waals surface area contributed by atoms with E-state index in [1.807, 2.05) is 49.5 Å². The molecule has 0 aliphatic carbocycles. The zero-order valence-electron chi connectivity index (χ0n) is 23.2. The number of urea groups is 1. The van der Waals surface area contributed by atoms with Crippen molar-refractivity contribution in [1.29, 1.82) is 0 Å². The highest BCUT2D eigenvalue weighted by atomic mass is 19.1. The van der Waals surface area contributed by atoms with Gasteiger partial charge in [0, 0.05) is 63.1 Å². The zero-order valence-corrected chi connectivity index (χ0v) is 23.2. The van der Waals surface area contributed by atoms with Gasteiger partial charge in [0.25, 0.3) is 0 Å². The Hall–Kier alpha value is -4.12. The molecule has 1 saturated heterocycles. The van der Waals surface area contributed by atoms with Crippen LogP contribution in [-0.2, 0) is 17.8 Å². The first-order valence-corrected chi connectivity index (χ1v) is 13.9. The SMILES string of the molecule is COCCN1C[C@@H](NC(=O)Nc2c(C)c(-c3cnc4c(c3)CNC4)nn2-c2ccccc2)[C@H](c2cccc(F)c2)C1. The number of nitrogens with one attached hydrogen (secondary N) is 3. The van der Waals surface area contributed by atoms with Crippen molar-refractivity contribution >= 4 is 11.8 Å². The zero-order chi connectivity index (χ0) is 28.3. The van der Waals surface area contributed by atoms with Gasteiger partial charge in [-0.15, -0.1) is 0 Å². The number of benzene rings is 2. The fourth-order valence-corrected chi connectivity index (χ4v) is 5.79. The molecule has 1 fully saturated rings. The molecule has 3 N–H and O–H groups in total. The molecule has 0 spiro atoms. The van der Waals surface area contributed by atoms with Gasteiger partial charge < -0.3 is 15.4 Å². The normalized spacial score (nSPS) is 18.4. The number of hydrogen-bond donors (Lipinski definition) is 3. The number of carbonyl (C=O) groups excluding carboxylic acids is 1. The molecule has 0 radical (unpaired) electrons. The highest BCUT2D eigenvalue weighted by Gasteiger charge is 2.35. The van der Waals surface area contributed by atoms with Gasteiger partial charge >= 0.3 is 6.03 Å². The maximum atomic E-state index is 14.1. The van der Waals surface area contributed by atoms with Crippen LogP contribution in [0.3, 0.4) is 0 Å². The maximum absolute atomic E-state index is 14.1. The van der Waals surface area contributed by atoms with E-state index >= 15 is 0 Å². The fourth-order valence-electron chi connectivity index (χ4n) is 5.79. The molecule has 10 heteroatoms. The lowest BCUT2D eigenvalue weighted by Gasteiger charge is -2.21. The van der Waals surface area contributed by atoms with Crippen molar-refractivity contribution in [3.05, 3.63) is 95.1 Å². The van der Waals surface area contributed by atoms with Gasteiger partial charge in [0.15, 0.2) is 0 Å². The van der Waals surface area contributed by atoms with Crippen LogP contribution in [-0.4, -0.2) is 65.1 Å². The van der Waals surface area contributed by atoms with Gasteiger partial charge in [0.05, 0.1) is 29.7 Å². The lowest BCUT2D eigenvalue weighted by atomic mass is 9.94. The molecule has 4 heterocycles. The minimum absolute atomic E-state index is 0.0601. The monoisotopic (exact) mass is 555 g/mol. The number of fused-ring (bicyclic) bond motifs is 1. The van der Waals surface area contributed by atoms with Crippen LogP contribution < -0.4 is 16.0 Å². The molecule has 9 nitrogen and oxygen atoms in total. The summed E-state index contributed by atoms with van der Waals surface area (Å²) in [5.41, 5.74) is 6.40. The summed E-state index contributed by atoms with van der Waals surface area (Å²) in [7, 11) is 1.67. The Kier molecular flexibility index (Phi) is 7.78. The van der Waals surface area contributed by atoms with E-state index in [1.54, 1.807) is 23.9 Å². The van der Waals surface area contributed by atoms with Crippen molar-refractivity contribution < 1.29 is 13.9 Å². The third kappa shape index (κ3) is 5.72. The number of para-hydroxylation sites is 1. The van der Waals surface area contributed by atoms with Gasteiger partial charge in [-0.3, -0.25) is 15.2 Å². The topological polar surface area (TPSA) is 96.3 Å². The molecule has 2 aliphatic rings. The average molecular weight is 556 g/mol. The Labute approximate surface area is 238 Å². The van der Waals surface area contributed by atoms with Crippen molar-refractivity contribution in [3.63, 3.8) is 0 Å². The first-order valence-electron chi connectivity index (χ1n) is 13.9. The molecule has 2 amide bonds. The highest BCUT2D eigenvalue weighted by molar-refractivity contribution is 5.91. The molecule has 2 aliphatic heterocycles. The Balaban J connectivity index is 1.28. The number of ether oxygens (including phenoxy) is 1. The predicted octanol–water partition coefficient (Wildman–Crippen LogP) is 4.22. The lowest BCUT2D eigenvalue weighted by Crippen LogP contribution is -2.42. The Bertz CT molecular complexity index is 1540. The number of nitrogens with zero attached hydrogens (tertiary/aromatic N) is 4. The summed E-state index contributed by atoms with van der Waals surface area (Å²) in [5.74, 6) is 0.238. The van der Waals surface area contributed by atoms with Gasteiger partial charge in [-0.25, -0.2) is 13.9 Å². The summed E-state index contributed by atoms with van der Waals surface area (Å²) in [6.07, 6.45) is 1.84. The summed E-state index contributed by atoms with van der Waals surface area (Å²) in [6.45, 7) is 6.15. The smallest absolute Gasteiger partial charge is 0.320 e. The molecule has 0 unspecified atom stereocenters. The minimum Gasteiger partial charge on any atom is -0.383 e. The summed E-state index contributed by atoms with van der Waals surface area (Å²) in [4.78, 5) is 20.4. The summed E-state index contributed by atoms with van der Waals surface area (Å²) < 4.78 is 21.1. The second kappa shape index (κ2) is 11.8. The second-order valence-electron chi connectivity index (χ2n) is 10.6. The molecule has 41 heavy (non-hydrogen) atoms. The molecule has 2 aromatic carbocycles. The number of hydrogen-bond acceptors (Lipinski definition) is 6. The van der Waals surface area contributed by atoms with Crippen molar-refractivity contribution in [3.8, 4) is 16.9 Å². The second-order valence-corrected chi connectivity index (χ2v) is 10.6. The molecule has 0 bridgehead atoms. The van der Waals surface area contributed by atoms with Crippen molar-refractivity contribution in [2.24, 2.45) is 0 Å². The third-order valence-electron chi connectivity index (χ3n) is 7.90. The van der Waals surface area contributed by atoms with E-state index in [9.17, 15) is 9.18 Å². The van der Waals surface area contributed by atoms with Crippen LogP contribution >= 0.6 is 0 Å². The Morgan fingerprint density at radius 1 is 1.12 bits per heavy atom. The first-order chi connectivity index (χ1) is 20.0. The van der Waals surface area contributed by atoms with E-state index in [-0.39, 0.29) is 23.8 Å². The Morgan fingerprint density at radius 3 is 2.78 bits per heavy atom. The predicted molar refractivity (Wildman–Crippen MR) is 155 cm³/mol. The van der Waals surface area contributed by atoms with E-state index in [0.717, 1.165) is 59.0 Å². The number of likely N-dealkylation sites (tertiary alicyclic amines) is 1. The van der Waals surface area contributed by atoms with Crippen LogP contribution in [0.5, 0.6) is 0 Å². The van der Waals surface area contributed by atoms with Crippen LogP contribution in [0.25, 0.3) is 16.9 Å². The van der Waals surface area contributed by atoms with Gasteiger partial charge in [0.1, 0.15) is 11.6 Å². The molecular weight excluding hydrogens is 521 g/mol. The first kappa shape index (κ1) is 27.1. The number of rotatable bonds is 8. The highest BCUT2D eigenvalue weighted by Crippen LogP contribution is 2.32. The molecule has 6 rings (SSSR count). The quantitative estimate of drug-likeness (QED) is 0.301. The summed E-state index contributed by atoms with van der Waals surface area (Å²) in [5, 5.41) is 14.5. The van der Waals surface area contributed by atoms with E-state index in [4.69, 9.17) is 9.84 Å². The Morgan fingerprint density at radius 2 is 1.98 bits per heavy atom. The maximum Gasteiger partial charge on any atom is 0.320 e. The molecule has 0 saturated carbocycles. The number of aromatic nitrogens is 3. The molecular formula is C31H34FN7O2.